The number of unbranched alkanes of at least 4 members (excludes halogenated alkanes) is 1. The highest BCUT2D eigenvalue weighted by Crippen LogP contribution is 2.35. The number of anilines is 2. The van der Waals surface area contributed by atoms with Gasteiger partial charge >= 0.3 is 6.09 Å². The molecule has 3 aromatic heterocycles. The number of piperazine rings is 1. The number of halogens is 1. The fraction of sp³-hybridized carbons (Fsp3) is 0.471. The van der Waals surface area contributed by atoms with Crippen molar-refractivity contribution in [1.29, 1.82) is 0 Å². The first-order valence-corrected chi connectivity index (χ1v) is 18.1. The number of benzene rings is 1. The average molecular weight is 695 g/mol. The molecule has 1 aliphatic carbocycles. The summed E-state index contributed by atoms with van der Waals surface area (Å²) in [5, 5.41) is 10.1. The quantitative estimate of drug-likeness (QED) is 0.214. The van der Waals surface area contributed by atoms with Crippen LogP contribution in [0.2, 0.25) is 0 Å². The second kappa shape index (κ2) is 13.9. The molecule has 1 aliphatic heterocycles. The number of hydrogen-bond donors (Lipinski definition) is 2. The molecular weight excluding hydrogens is 651 g/mol. The van der Waals surface area contributed by atoms with Crippen LogP contribution in [-0.4, -0.2) is 87.8 Å². The number of amides is 1. The minimum Gasteiger partial charge on any atom is -0.444 e. The molecule has 6 rings (SSSR count). The van der Waals surface area contributed by atoms with Gasteiger partial charge in [-0.3, -0.25) is 13.9 Å². The SMILES string of the molecule is Cc1c(Nc2ccc(S(=O)(=O)N3CCN(CCCCNC(=O)OC(C)(C)C)CC3)cc2F)nc2ccc(-c3cnn(C4CC4)c3)cn2c1=O. The van der Waals surface area contributed by atoms with Crippen LogP contribution in [0.3, 0.4) is 0 Å². The Labute approximate surface area is 285 Å². The minimum atomic E-state index is -3.92. The van der Waals surface area contributed by atoms with Gasteiger partial charge < -0.3 is 20.3 Å². The summed E-state index contributed by atoms with van der Waals surface area (Å²) in [6.45, 7) is 10.0. The van der Waals surface area contributed by atoms with Gasteiger partial charge in [-0.1, -0.05) is 0 Å². The maximum absolute atomic E-state index is 15.4. The van der Waals surface area contributed by atoms with Gasteiger partial charge in [-0.2, -0.15) is 9.40 Å². The van der Waals surface area contributed by atoms with Gasteiger partial charge in [0, 0.05) is 56.2 Å². The highest BCUT2D eigenvalue weighted by atomic mass is 32.2. The smallest absolute Gasteiger partial charge is 0.407 e. The lowest BCUT2D eigenvalue weighted by atomic mass is 10.1. The van der Waals surface area contributed by atoms with Crippen LogP contribution in [0, 0.1) is 12.7 Å². The van der Waals surface area contributed by atoms with Gasteiger partial charge in [-0.05, 0) is 90.3 Å². The molecule has 13 nitrogen and oxygen atoms in total. The lowest BCUT2D eigenvalue weighted by molar-refractivity contribution is 0.0526. The largest absolute Gasteiger partial charge is 0.444 e. The van der Waals surface area contributed by atoms with Crippen molar-refractivity contribution in [2.75, 3.05) is 44.6 Å². The van der Waals surface area contributed by atoms with Gasteiger partial charge in [0.25, 0.3) is 5.56 Å². The van der Waals surface area contributed by atoms with E-state index in [1.54, 1.807) is 25.4 Å². The first-order valence-electron chi connectivity index (χ1n) is 16.6. The van der Waals surface area contributed by atoms with Gasteiger partial charge in [0.1, 0.15) is 22.9 Å². The molecule has 0 radical (unpaired) electrons. The zero-order valence-corrected chi connectivity index (χ0v) is 29.1. The number of nitrogens with one attached hydrogen (secondary N) is 2. The van der Waals surface area contributed by atoms with E-state index >= 15 is 4.39 Å². The van der Waals surface area contributed by atoms with Crippen LogP contribution >= 0.6 is 0 Å². The van der Waals surface area contributed by atoms with Crippen LogP contribution in [0.4, 0.5) is 20.7 Å². The molecule has 1 amide bonds. The summed E-state index contributed by atoms with van der Waals surface area (Å²) >= 11 is 0. The fourth-order valence-corrected chi connectivity index (χ4v) is 7.17. The number of carbonyl (C=O) groups is 1. The molecule has 1 aromatic carbocycles. The van der Waals surface area contributed by atoms with E-state index in [4.69, 9.17) is 4.74 Å². The summed E-state index contributed by atoms with van der Waals surface area (Å²) in [6, 6.07) is 7.76. The molecule has 0 atom stereocenters. The molecule has 1 saturated heterocycles. The third kappa shape index (κ3) is 8.11. The van der Waals surface area contributed by atoms with Crippen LogP contribution < -0.4 is 16.2 Å². The minimum absolute atomic E-state index is 0.00777. The van der Waals surface area contributed by atoms with Gasteiger partial charge in [-0.15, -0.1) is 0 Å². The Hall–Kier alpha value is -4.34. The highest BCUT2D eigenvalue weighted by Gasteiger charge is 2.29. The third-order valence-corrected chi connectivity index (χ3v) is 10.5. The number of ether oxygens (including phenoxy) is 1. The van der Waals surface area contributed by atoms with Crippen molar-refractivity contribution in [2.24, 2.45) is 0 Å². The number of carbonyl (C=O) groups excluding carboxylic acids is 1. The Morgan fingerprint density at radius 2 is 1.80 bits per heavy atom. The fourth-order valence-electron chi connectivity index (χ4n) is 5.74. The number of fused-ring (bicyclic) bond motifs is 1. The topological polar surface area (TPSA) is 143 Å². The zero-order valence-electron chi connectivity index (χ0n) is 28.3. The van der Waals surface area contributed by atoms with E-state index in [2.05, 4.69) is 25.6 Å². The van der Waals surface area contributed by atoms with Crippen LogP contribution in [-0.2, 0) is 14.8 Å². The molecule has 15 heteroatoms. The van der Waals surface area contributed by atoms with E-state index in [1.165, 1.54) is 20.8 Å². The van der Waals surface area contributed by atoms with Gasteiger partial charge in [0.2, 0.25) is 10.0 Å². The van der Waals surface area contributed by atoms with Crippen LogP contribution in [0.5, 0.6) is 0 Å². The molecular formula is C34H43FN8O5S. The van der Waals surface area contributed by atoms with Crippen LogP contribution in [0.1, 0.15) is 58.1 Å². The van der Waals surface area contributed by atoms with Crippen molar-refractivity contribution in [3.8, 4) is 11.1 Å². The number of aromatic nitrogens is 4. The Kier molecular flexibility index (Phi) is 9.78. The second-order valence-corrected chi connectivity index (χ2v) is 15.6. The van der Waals surface area contributed by atoms with Gasteiger partial charge in [0.05, 0.1) is 28.4 Å². The molecule has 4 heterocycles. The number of rotatable bonds is 11. The van der Waals surface area contributed by atoms with Gasteiger partial charge in [0.15, 0.2) is 0 Å². The van der Waals surface area contributed by atoms with E-state index in [0.717, 1.165) is 49.4 Å². The first kappa shape index (κ1) is 34.5. The second-order valence-electron chi connectivity index (χ2n) is 13.6. The molecule has 49 heavy (non-hydrogen) atoms. The summed E-state index contributed by atoms with van der Waals surface area (Å²) in [7, 11) is -3.92. The van der Waals surface area contributed by atoms with Gasteiger partial charge in [-0.25, -0.2) is 22.6 Å². The molecule has 2 N–H and O–H groups in total. The van der Waals surface area contributed by atoms with Crippen molar-refractivity contribution in [3.63, 3.8) is 0 Å². The summed E-state index contributed by atoms with van der Waals surface area (Å²) in [4.78, 5) is 31.7. The van der Waals surface area contributed by atoms with Crippen molar-refractivity contribution < 1.29 is 22.3 Å². The van der Waals surface area contributed by atoms with E-state index in [1.807, 2.05) is 37.7 Å². The highest BCUT2D eigenvalue weighted by molar-refractivity contribution is 7.89. The Morgan fingerprint density at radius 1 is 1.04 bits per heavy atom. The summed E-state index contributed by atoms with van der Waals surface area (Å²) in [5.74, 6) is -0.588. The average Bonchev–Trinajstić information content (AvgIpc) is 3.79. The maximum atomic E-state index is 15.4. The van der Waals surface area contributed by atoms with E-state index in [-0.39, 0.29) is 40.6 Å². The summed E-state index contributed by atoms with van der Waals surface area (Å²) < 4.78 is 52.2. The van der Waals surface area contributed by atoms with Crippen molar-refractivity contribution in [2.45, 2.75) is 69.9 Å². The third-order valence-electron chi connectivity index (χ3n) is 8.64. The maximum Gasteiger partial charge on any atom is 0.407 e. The molecule has 2 fully saturated rings. The number of hydrogen-bond acceptors (Lipinski definition) is 9. The van der Waals surface area contributed by atoms with Crippen LogP contribution in [0.25, 0.3) is 16.8 Å². The van der Waals surface area contributed by atoms with Crippen LogP contribution in [0.15, 0.2) is 58.6 Å². The van der Waals surface area contributed by atoms with Crippen molar-refractivity contribution in [1.82, 2.24) is 33.7 Å². The molecule has 0 spiro atoms. The molecule has 2 aliphatic rings. The monoisotopic (exact) mass is 694 g/mol. The predicted molar refractivity (Wildman–Crippen MR) is 184 cm³/mol. The lowest BCUT2D eigenvalue weighted by Gasteiger charge is -2.34. The zero-order chi connectivity index (χ0) is 34.9. The molecule has 1 saturated carbocycles. The number of nitrogens with zero attached hydrogens (tertiary/aromatic N) is 6. The Balaban J connectivity index is 1.05. The standard InChI is InChI=1S/C34H43FN8O5S/c1-23-31(39-30-12-7-24(21-42(30)32(23)44)25-20-37-43(22-25)26-8-9-26)38-29-11-10-27(19-28(29)35)49(46,47)41-17-15-40(16-18-41)14-6-5-13-36-33(45)48-34(2,3)4/h7,10-12,19-22,26,38H,5-6,8-9,13-18H2,1-4H3,(H,36,45). The summed E-state index contributed by atoms with van der Waals surface area (Å²) in [5.41, 5.74) is 1.56. The van der Waals surface area contributed by atoms with E-state index < -0.39 is 27.5 Å². The lowest BCUT2D eigenvalue weighted by Crippen LogP contribution is -2.48. The molecule has 0 bridgehead atoms. The van der Waals surface area contributed by atoms with Crippen molar-refractivity contribution >= 4 is 33.3 Å². The molecule has 4 aromatic rings. The number of alkyl carbamates (subject to hydrolysis) is 1. The van der Waals surface area contributed by atoms with E-state index in [0.29, 0.717) is 31.3 Å². The normalized spacial score (nSPS) is 16.2. The predicted octanol–water partition coefficient (Wildman–Crippen LogP) is 4.70. The Morgan fingerprint density at radius 3 is 2.49 bits per heavy atom. The number of sulfonamides is 1. The number of pyridine rings is 1. The van der Waals surface area contributed by atoms with E-state index in [9.17, 15) is 18.0 Å². The molecule has 0 unspecified atom stereocenters. The Bertz CT molecular complexity index is 2010. The van der Waals surface area contributed by atoms with Crippen molar-refractivity contribution in [3.05, 3.63) is 70.7 Å². The molecule has 262 valence electrons. The summed E-state index contributed by atoms with van der Waals surface area (Å²) in [6.07, 6.45) is 8.90. The first-order chi connectivity index (χ1) is 23.3.